The van der Waals surface area contributed by atoms with Crippen molar-refractivity contribution in [3.05, 3.63) is 69.8 Å². The smallest absolute Gasteiger partial charge is 0.416 e. The first-order chi connectivity index (χ1) is 12.2. The molecule has 2 rings (SSSR count). The van der Waals surface area contributed by atoms with Gasteiger partial charge in [-0.2, -0.15) is 13.2 Å². The molecule has 0 saturated carbocycles. The van der Waals surface area contributed by atoms with Gasteiger partial charge in [0.05, 0.1) is 10.5 Å². The number of amides is 1. The number of hydrogen-bond acceptors (Lipinski definition) is 4. The van der Waals surface area contributed by atoms with E-state index in [1.54, 1.807) is 0 Å². The molecule has 2 aromatic carbocycles. The van der Waals surface area contributed by atoms with Crippen LogP contribution in [0.5, 0.6) is 5.75 Å². The molecule has 0 aliphatic rings. The van der Waals surface area contributed by atoms with Gasteiger partial charge >= 0.3 is 6.18 Å². The number of ether oxygens (including phenoxy) is 1. The van der Waals surface area contributed by atoms with Gasteiger partial charge in [-0.1, -0.05) is 12.1 Å². The van der Waals surface area contributed by atoms with E-state index in [4.69, 9.17) is 4.74 Å². The molecule has 0 N–H and O–H groups in total. The monoisotopic (exact) mass is 368 g/mol. The Labute approximate surface area is 146 Å². The summed E-state index contributed by atoms with van der Waals surface area (Å²) in [7, 11) is 1.50. The molecule has 0 radical (unpaired) electrons. The van der Waals surface area contributed by atoms with Gasteiger partial charge < -0.3 is 9.64 Å². The van der Waals surface area contributed by atoms with Crippen molar-refractivity contribution < 1.29 is 27.6 Å². The average Bonchev–Trinajstić information content (AvgIpc) is 2.59. The van der Waals surface area contributed by atoms with E-state index in [1.807, 2.05) is 0 Å². The van der Waals surface area contributed by atoms with Crippen LogP contribution in [0.2, 0.25) is 0 Å². The fourth-order valence-electron chi connectivity index (χ4n) is 2.08. The molecule has 0 saturated heterocycles. The van der Waals surface area contributed by atoms with Gasteiger partial charge in [-0.25, -0.2) is 0 Å². The first-order valence-electron chi connectivity index (χ1n) is 7.44. The minimum absolute atomic E-state index is 0.0944. The SMILES string of the molecule is CN(Cc1ccc(C(F)(F)F)cc1)C(=O)COc1ccc([N+](=O)[O-])cc1. The number of nitro groups is 1. The number of carbonyl (C=O) groups excluding carboxylic acids is 1. The number of hydrogen-bond donors (Lipinski definition) is 0. The maximum Gasteiger partial charge on any atom is 0.416 e. The molecular weight excluding hydrogens is 353 g/mol. The zero-order valence-corrected chi connectivity index (χ0v) is 13.7. The lowest BCUT2D eigenvalue weighted by Gasteiger charge is -2.18. The summed E-state index contributed by atoms with van der Waals surface area (Å²) in [5.74, 6) is -0.0878. The third-order valence-electron chi connectivity index (χ3n) is 3.54. The number of halogens is 3. The summed E-state index contributed by atoms with van der Waals surface area (Å²) >= 11 is 0. The number of carbonyl (C=O) groups is 1. The lowest BCUT2D eigenvalue weighted by atomic mass is 10.1. The summed E-state index contributed by atoms with van der Waals surface area (Å²) < 4.78 is 42.8. The Hall–Kier alpha value is -3.10. The molecule has 26 heavy (non-hydrogen) atoms. The summed E-state index contributed by atoms with van der Waals surface area (Å²) in [5, 5.41) is 10.6. The normalized spacial score (nSPS) is 11.1. The summed E-state index contributed by atoms with van der Waals surface area (Å²) in [4.78, 5) is 23.4. The first-order valence-corrected chi connectivity index (χ1v) is 7.44. The summed E-state index contributed by atoms with van der Waals surface area (Å²) in [6.45, 7) is -0.171. The second-order valence-electron chi connectivity index (χ2n) is 5.48. The van der Waals surface area contributed by atoms with Crippen molar-refractivity contribution in [2.24, 2.45) is 0 Å². The predicted octanol–water partition coefficient (Wildman–Crippen LogP) is 3.65. The van der Waals surface area contributed by atoms with Crippen molar-refractivity contribution in [1.29, 1.82) is 0 Å². The van der Waals surface area contributed by atoms with E-state index in [0.29, 0.717) is 11.3 Å². The highest BCUT2D eigenvalue weighted by molar-refractivity contribution is 5.77. The van der Waals surface area contributed by atoms with Crippen LogP contribution in [0, 0.1) is 10.1 Å². The van der Waals surface area contributed by atoms with Crippen LogP contribution in [0.25, 0.3) is 0 Å². The van der Waals surface area contributed by atoms with E-state index in [-0.39, 0.29) is 24.7 Å². The van der Waals surface area contributed by atoms with Crippen molar-refractivity contribution in [3.8, 4) is 5.75 Å². The van der Waals surface area contributed by atoms with Crippen LogP contribution < -0.4 is 4.74 Å². The van der Waals surface area contributed by atoms with E-state index in [0.717, 1.165) is 12.1 Å². The average molecular weight is 368 g/mol. The maximum absolute atomic E-state index is 12.5. The molecule has 1 amide bonds. The molecule has 0 bridgehead atoms. The van der Waals surface area contributed by atoms with Gasteiger partial charge in [0, 0.05) is 25.7 Å². The molecule has 0 fully saturated rings. The molecule has 2 aromatic rings. The summed E-state index contributed by atoms with van der Waals surface area (Å²) in [5.41, 5.74) is -0.302. The van der Waals surface area contributed by atoms with Crippen LogP contribution in [-0.4, -0.2) is 29.4 Å². The lowest BCUT2D eigenvalue weighted by Crippen LogP contribution is -2.30. The maximum atomic E-state index is 12.5. The Bertz CT molecular complexity index is 774. The lowest BCUT2D eigenvalue weighted by molar-refractivity contribution is -0.384. The van der Waals surface area contributed by atoms with E-state index < -0.39 is 16.7 Å². The third kappa shape index (κ3) is 5.20. The molecule has 138 valence electrons. The summed E-state index contributed by atoms with van der Waals surface area (Å²) in [6, 6.07) is 9.80. The second-order valence-corrected chi connectivity index (χ2v) is 5.48. The minimum Gasteiger partial charge on any atom is -0.484 e. The van der Waals surface area contributed by atoms with Gasteiger partial charge in [0.1, 0.15) is 5.75 Å². The quantitative estimate of drug-likeness (QED) is 0.576. The fraction of sp³-hybridized carbons (Fsp3) is 0.235. The highest BCUT2D eigenvalue weighted by atomic mass is 19.4. The number of benzene rings is 2. The fourth-order valence-corrected chi connectivity index (χ4v) is 2.08. The van der Waals surface area contributed by atoms with Gasteiger partial charge in [-0.3, -0.25) is 14.9 Å². The number of rotatable bonds is 6. The number of nitrogens with zero attached hydrogens (tertiary/aromatic N) is 2. The highest BCUT2D eigenvalue weighted by Crippen LogP contribution is 2.29. The molecule has 0 aliphatic carbocycles. The molecule has 0 spiro atoms. The first kappa shape index (κ1) is 19.2. The Balaban J connectivity index is 1.88. The Morgan fingerprint density at radius 3 is 2.19 bits per heavy atom. The zero-order chi connectivity index (χ0) is 19.3. The number of non-ortho nitro benzene ring substituents is 1. The topological polar surface area (TPSA) is 72.7 Å². The number of nitro benzene ring substituents is 1. The Morgan fingerprint density at radius 2 is 1.69 bits per heavy atom. The van der Waals surface area contributed by atoms with E-state index in [2.05, 4.69) is 0 Å². The third-order valence-corrected chi connectivity index (χ3v) is 3.54. The number of likely N-dealkylation sites (N-methyl/N-ethyl adjacent to an activating group) is 1. The standard InChI is InChI=1S/C17H15F3N2O4/c1-21(10-12-2-4-13(5-3-12)17(18,19)20)16(23)11-26-15-8-6-14(7-9-15)22(24)25/h2-9H,10-11H2,1H3. The number of alkyl halides is 3. The van der Waals surface area contributed by atoms with Crippen LogP contribution in [0.4, 0.5) is 18.9 Å². The highest BCUT2D eigenvalue weighted by Gasteiger charge is 2.29. The van der Waals surface area contributed by atoms with Gasteiger partial charge in [0.25, 0.3) is 11.6 Å². The minimum atomic E-state index is -4.40. The molecule has 0 atom stereocenters. The molecule has 0 unspecified atom stereocenters. The zero-order valence-electron chi connectivity index (χ0n) is 13.7. The summed E-state index contributed by atoms with van der Waals surface area (Å²) in [6.07, 6.45) is -4.40. The molecule has 0 aromatic heterocycles. The van der Waals surface area contributed by atoms with Crippen LogP contribution >= 0.6 is 0 Å². The largest absolute Gasteiger partial charge is 0.484 e. The molecule has 0 aliphatic heterocycles. The molecular formula is C17H15F3N2O4. The van der Waals surface area contributed by atoms with Crippen molar-refractivity contribution in [2.75, 3.05) is 13.7 Å². The predicted molar refractivity (Wildman–Crippen MR) is 86.5 cm³/mol. The van der Waals surface area contributed by atoms with Gasteiger partial charge in [-0.15, -0.1) is 0 Å². The van der Waals surface area contributed by atoms with Crippen LogP contribution in [0.3, 0.4) is 0 Å². The molecule has 0 heterocycles. The van der Waals surface area contributed by atoms with E-state index >= 15 is 0 Å². The van der Waals surface area contributed by atoms with Crippen molar-refractivity contribution in [1.82, 2.24) is 4.90 Å². The Kier molecular flexibility index (Phi) is 5.81. The van der Waals surface area contributed by atoms with Gasteiger partial charge in [-0.05, 0) is 29.8 Å². The van der Waals surface area contributed by atoms with E-state index in [9.17, 15) is 28.1 Å². The van der Waals surface area contributed by atoms with Crippen molar-refractivity contribution in [3.63, 3.8) is 0 Å². The van der Waals surface area contributed by atoms with Crippen LogP contribution in [0.15, 0.2) is 48.5 Å². The van der Waals surface area contributed by atoms with Crippen molar-refractivity contribution in [2.45, 2.75) is 12.7 Å². The van der Waals surface area contributed by atoms with Gasteiger partial charge in [0.15, 0.2) is 6.61 Å². The van der Waals surface area contributed by atoms with E-state index in [1.165, 1.54) is 48.3 Å². The molecule has 9 heteroatoms. The second kappa shape index (κ2) is 7.85. The van der Waals surface area contributed by atoms with Crippen LogP contribution in [-0.2, 0) is 17.5 Å². The molecule has 6 nitrogen and oxygen atoms in total. The van der Waals surface area contributed by atoms with Crippen molar-refractivity contribution >= 4 is 11.6 Å². The Morgan fingerprint density at radius 1 is 1.12 bits per heavy atom. The van der Waals surface area contributed by atoms with Gasteiger partial charge in [0.2, 0.25) is 0 Å². The van der Waals surface area contributed by atoms with Crippen LogP contribution in [0.1, 0.15) is 11.1 Å².